The van der Waals surface area contributed by atoms with Crippen LogP contribution < -0.4 is 0 Å². The van der Waals surface area contributed by atoms with Crippen molar-refractivity contribution in [2.75, 3.05) is 0 Å². The van der Waals surface area contributed by atoms with Gasteiger partial charge in [-0.3, -0.25) is 4.79 Å². The predicted octanol–water partition coefficient (Wildman–Crippen LogP) is 5.01. The second-order valence-electron chi connectivity index (χ2n) is 7.07. The van der Waals surface area contributed by atoms with Gasteiger partial charge in [0.1, 0.15) is 0 Å². The molecule has 0 heterocycles. The van der Waals surface area contributed by atoms with Gasteiger partial charge in [0.25, 0.3) is 0 Å². The number of hydrogen-bond acceptors (Lipinski definition) is 1. The number of benzene rings is 1. The standard InChI is InChI=1S/C19H24O/c1-12(2)14-7-8-16-15(10-14)18(20)11-17-13(3)6-5-9-19(16,17)4/h7-8,10,12,17H,3,5-6,9,11H2,1-2,4H3/t17-,19+/m0/s1. The first kappa shape index (κ1) is 13.6. The smallest absolute Gasteiger partial charge is 0.163 e. The summed E-state index contributed by atoms with van der Waals surface area (Å²) in [5.41, 5.74) is 4.92. The fourth-order valence-electron chi connectivity index (χ4n) is 4.12. The van der Waals surface area contributed by atoms with Crippen LogP contribution in [0, 0.1) is 5.92 Å². The number of allylic oxidation sites excluding steroid dienone is 1. The fraction of sp³-hybridized carbons (Fsp3) is 0.526. The molecule has 0 amide bonds. The summed E-state index contributed by atoms with van der Waals surface area (Å²) in [7, 11) is 0. The number of Topliss-reactive ketones (excluding diaryl/α,β-unsaturated/α-hetero) is 1. The van der Waals surface area contributed by atoms with Gasteiger partial charge in [-0.2, -0.15) is 0 Å². The van der Waals surface area contributed by atoms with E-state index in [-0.39, 0.29) is 5.41 Å². The number of ketones is 1. The minimum atomic E-state index is 0.119. The second-order valence-corrected chi connectivity index (χ2v) is 7.07. The van der Waals surface area contributed by atoms with Crippen LogP contribution in [-0.2, 0) is 5.41 Å². The van der Waals surface area contributed by atoms with E-state index in [1.807, 2.05) is 0 Å². The Morgan fingerprint density at radius 3 is 2.80 bits per heavy atom. The monoisotopic (exact) mass is 268 g/mol. The molecule has 3 rings (SSSR count). The van der Waals surface area contributed by atoms with Crippen LogP contribution in [-0.4, -0.2) is 5.78 Å². The quantitative estimate of drug-likeness (QED) is 0.654. The molecule has 2 atom stereocenters. The molecule has 1 heteroatoms. The molecule has 0 saturated heterocycles. The van der Waals surface area contributed by atoms with Crippen LogP contribution in [0.25, 0.3) is 0 Å². The number of carbonyl (C=O) groups excluding carboxylic acids is 1. The van der Waals surface area contributed by atoms with Crippen molar-refractivity contribution in [1.29, 1.82) is 0 Å². The van der Waals surface area contributed by atoms with Gasteiger partial charge in [-0.25, -0.2) is 0 Å². The molecule has 20 heavy (non-hydrogen) atoms. The Morgan fingerprint density at radius 2 is 2.10 bits per heavy atom. The third-order valence-electron chi connectivity index (χ3n) is 5.47. The maximum absolute atomic E-state index is 12.6. The number of hydrogen-bond donors (Lipinski definition) is 0. The Balaban J connectivity index is 2.15. The normalized spacial score (nSPS) is 29.3. The van der Waals surface area contributed by atoms with Crippen LogP contribution in [0.15, 0.2) is 30.4 Å². The highest BCUT2D eigenvalue weighted by Gasteiger charge is 2.46. The molecule has 106 valence electrons. The van der Waals surface area contributed by atoms with Gasteiger partial charge in [0.05, 0.1) is 0 Å². The summed E-state index contributed by atoms with van der Waals surface area (Å²) in [6, 6.07) is 6.57. The molecule has 0 radical (unpaired) electrons. The molecule has 0 N–H and O–H groups in total. The zero-order valence-electron chi connectivity index (χ0n) is 12.8. The van der Waals surface area contributed by atoms with E-state index < -0.39 is 0 Å². The first-order valence-corrected chi connectivity index (χ1v) is 7.79. The third-order valence-corrected chi connectivity index (χ3v) is 5.47. The maximum Gasteiger partial charge on any atom is 0.163 e. The van der Waals surface area contributed by atoms with Crippen LogP contribution in [0.4, 0.5) is 0 Å². The first-order chi connectivity index (χ1) is 9.43. The number of rotatable bonds is 1. The van der Waals surface area contributed by atoms with Gasteiger partial charge in [0.2, 0.25) is 0 Å². The lowest BCUT2D eigenvalue weighted by molar-refractivity contribution is 0.0904. The highest BCUT2D eigenvalue weighted by Crippen LogP contribution is 2.51. The van der Waals surface area contributed by atoms with E-state index in [4.69, 9.17) is 0 Å². The lowest BCUT2D eigenvalue weighted by atomic mass is 9.56. The molecule has 0 aliphatic heterocycles. The second kappa shape index (κ2) is 4.58. The van der Waals surface area contributed by atoms with E-state index in [1.54, 1.807) is 0 Å². The Hall–Kier alpha value is -1.37. The van der Waals surface area contributed by atoms with E-state index >= 15 is 0 Å². The van der Waals surface area contributed by atoms with E-state index in [0.29, 0.717) is 24.0 Å². The Kier molecular flexibility index (Phi) is 3.12. The molecule has 2 aliphatic rings. The van der Waals surface area contributed by atoms with Gasteiger partial charge in [0.15, 0.2) is 5.78 Å². The van der Waals surface area contributed by atoms with Crippen molar-refractivity contribution in [2.45, 2.75) is 57.8 Å². The van der Waals surface area contributed by atoms with Crippen LogP contribution >= 0.6 is 0 Å². The average Bonchev–Trinajstić information content (AvgIpc) is 2.41. The average molecular weight is 268 g/mol. The van der Waals surface area contributed by atoms with Crippen molar-refractivity contribution in [2.24, 2.45) is 5.92 Å². The highest BCUT2D eigenvalue weighted by atomic mass is 16.1. The van der Waals surface area contributed by atoms with Crippen molar-refractivity contribution in [3.63, 3.8) is 0 Å². The summed E-state index contributed by atoms with van der Waals surface area (Å²) >= 11 is 0. The van der Waals surface area contributed by atoms with E-state index in [2.05, 4.69) is 45.5 Å². The van der Waals surface area contributed by atoms with Crippen molar-refractivity contribution >= 4 is 5.78 Å². The van der Waals surface area contributed by atoms with Crippen molar-refractivity contribution in [1.82, 2.24) is 0 Å². The van der Waals surface area contributed by atoms with Crippen LogP contribution in [0.2, 0.25) is 0 Å². The fourth-order valence-corrected chi connectivity index (χ4v) is 4.12. The molecule has 0 spiro atoms. The van der Waals surface area contributed by atoms with Gasteiger partial charge in [-0.15, -0.1) is 0 Å². The molecule has 0 bridgehead atoms. The molecular formula is C19H24O. The summed E-state index contributed by atoms with van der Waals surface area (Å²) in [5, 5.41) is 0. The lowest BCUT2D eigenvalue weighted by Crippen LogP contribution is -2.42. The van der Waals surface area contributed by atoms with E-state index in [0.717, 1.165) is 12.0 Å². The molecule has 1 saturated carbocycles. The van der Waals surface area contributed by atoms with Gasteiger partial charge < -0.3 is 0 Å². The van der Waals surface area contributed by atoms with Crippen molar-refractivity contribution in [3.05, 3.63) is 47.0 Å². The SMILES string of the molecule is C=C1CCC[C@]2(C)c3ccc(C(C)C)cc3C(=O)C[C@@H]12. The van der Waals surface area contributed by atoms with Gasteiger partial charge in [-0.05, 0) is 48.3 Å². The van der Waals surface area contributed by atoms with Gasteiger partial charge in [0, 0.05) is 17.4 Å². The molecule has 0 unspecified atom stereocenters. The lowest BCUT2D eigenvalue weighted by Gasteiger charge is -2.47. The summed E-state index contributed by atoms with van der Waals surface area (Å²) in [6.45, 7) is 10.9. The molecule has 1 nitrogen and oxygen atoms in total. The largest absolute Gasteiger partial charge is 0.294 e. The Bertz CT molecular complexity index is 581. The molecular weight excluding hydrogens is 244 g/mol. The zero-order valence-corrected chi connectivity index (χ0v) is 12.8. The van der Waals surface area contributed by atoms with Crippen molar-refractivity contribution in [3.8, 4) is 0 Å². The maximum atomic E-state index is 12.6. The summed E-state index contributed by atoms with van der Waals surface area (Å²) < 4.78 is 0. The van der Waals surface area contributed by atoms with Gasteiger partial charge in [-0.1, -0.05) is 45.1 Å². The number of fused-ring (bicyclic) bond motifs is 3. The third kappa shape index (κ3) is 1.87. The molecule has 2 aliphatic carbocycles. The Labute approximate surface area is 122 Å². The Morgan fingerprint density at radius 1 is 1.35 bits per heavy atom. The molecule has 0 aromatic heterocycles. The van der Waals surface area contributed by atoms with E-state index in [9.17, 15) is 4.79 Å². The number of carbonyl (C=O) groups is 1. The minimum Gasteiger partial charge on any atom is -0.294 e. The minimum absolute atomic E-state index is 0.119. The summed E-state index contributed by atoms with van der Waals surface area (Å²) in [4.78, 5) is 12.6. The van der Waals surface area contributed by atoms with Crippen LogP contribution in [0.3, 0.4) is 0 Å². The molecule has 1 fully saturated rings. The summed E-state index contributed by atoms with van der Waals surface area (Å²) in [6.07, 6.45) is 4.13. The predicted molar refractivity (Wildman–Crippen MR) is 83.3 cm³/mol. The van der Waals surface area contributed by atoms with Gasteiger partial charge >= 0.3 is 0 Å². The summed E-state index contributed by atoms with van der Waals surface area (Å²) in [5.74, 6) is 1.13. The molecule has 1 aromatic rings. The van der Waals surface area contributed by atoms with Crippen LogP contribution in [0.5, 0.6) is 0 Å². The first-order valence-electron chi connectivity index (χ1n) is 7.79. The van der Waals surface area contributed by atoms with E-state index in [1.165, 1.54) is 29.5 Å². The highest BCUT2D eigenvalue weighted by molar-refractivity contribution is 6.00. The van der Waals surface area contributed by atoms with Crippen molar-refractivity contribution < 1.29 is 4.79 Å². The topological polar surface area (TPSA) is 17.1 Å². The van der Waals surface area contributed by atoms with Crippen LogP contribution in [0.1, 0.15) is 73.9 Å². The molecule has 1 aromatic carbocycles. The zero-order chi connectivity index (χ0) is 14.5.